The Balaban J connectivity index is 2.33. The molecule has 0 aliphatic heterocycles. The lowest BCUT2D eigenvalue weighted by atomic mass is 10.1. The quantitative estimate of drug-likeness (QED) is 0.683. The van der Waals surface area contributed by atoms with Gasteiger partial charge in [0.05, 0.1) is 11.1 Å². The number of fused-ring (bicyclic) bond motifs is 1. The summed E-state index contributed by atoms with van der Waals surface area (Å²) < 4.78 is 1.85. The van der Waals surface area contributed by atoms with Crippen molar-refractivity contribution in [3.05, 3.63) is 41.9 Å². The second kappa shape index (κ2) is 4.85. The summed E-state index contributed by atoms with van der Waals surface area (Å²) in [7, 11) is 1.88. The van der Waals surface area contributed by atoms with Crippen LogP contribution in [0.15, 0.2) is 30.6 Å². The van der Waals surface area contributed by atoms with Crippen LogP contribution in [-0.2, 0) is 13.5 Å². The summed E-state index contributed by atoms with van der Waals surface area (Å²) >= 11 is 0. The molecule has 20 heavy (non-hydrogen) atoms. The van der Waals surface area contributed by atoms with Crippen LogP contribution in [0.4, 0.5) is 0 Å². The van der Waals surface area contributed by atoms with E-state index < -0.39 is 0 Å². The molecule has 0 aromatic carbocycles. The van der Waals surface area contributed by atoms with Gasteiger partial charge in [0.15, 0.2) is 12.1 Å². The first kappa shape index (κ1) is 12.5. The molecule has 3 aromatic rings. The maximum absolute atomic E-state index is 11.2. The van der Waals surface area contributed by atoms with Crippen molar-refractivity contribution in [1.29, 1.82) is 0 Å². The zero-order valence-electron chi connectivity index (χ0n) is 11.4. The van der Waals surface area contributed by atoms with E-state index in [9.17, 15) is 4.79 Å². The smallest absolute Gasteiger partial charge is 0.180 e. The third-order valence-corrected chi connectivity index (χ3v) is 3.28. The van der Waals surface area contributed by atoms with Crippen molar-refractivity contribution >= 4 is 17.3 Å². The first-order chi connectivity index (χ1) is 9.74. The van der Waals surface area contributed by atoms with E-state index in [4.69, 9.17) is 0 Å². The molecule has 0 bridgehead atoms. The van der Waals surface area contributed by atoms with Gasteiger partial charge in [0, 0.05) is 25.0 Å². The summed E-state index contributed by atoms with van der Waals surface area (Å²) in [6, 6.07) is 5.64. The Bertz CT molecular complexity index is 777. The van der Waals surface area contributed by atoms with Gasteiger partial charge >= 0.3 is 0 Å². The fourth-order valence-electron chi connectivity index (χ4n) is 2.33. The summed E-state index contributed by atoms with van der Waals surface area (Å²) in [5, 5.41) is 0.838. The topological polar surface area (TPSA) is 60.7 Å². The summed E-state index contributed by atoms with van der Waals surface area (Å²) in [4.78, 5) is 24.6. The van der Waals surface area contributed by atoms with Gasteiger partial charge in [-0.15, -0.1) is 0 Å². The van der Waals surface area contributed by atoms with Gasteiger partial charge in [-0.2, -0.15) is 0 Å². The Hall–Kier alpha value is -2.56. The highest BCUT2D eigenvalue weighted by Gasteiger charge is 2.15. The van der Waals surface area contributed by atoms with Crippen LogP contribution in [0.5, 0.6) is 0 Å². The highest BCUT2D eigenvalue weighted by molar-refractivity contribution is 5.97. The molecule has 100 valence electrons. The van der Waals surface area contributed by atoms with Gasteiger partial charge in [-0.1, -0.05) is 13.0 Å². The van der Waals surface area contributed by atoms with Crippen LogP contribution in [0.25, 0.3) is 22.6 Å². The van der Waals surface area contributed by atoms with Gasteiger partial charge in [0.25, 0.3) is 0 Å². The average molecular weight is 266 g/mol. The van der Waals surface area contributed by atoms with Gasteiger partial charge in [0.1, 0.15) is 11.3 Å². The number of carbonyl (C=O) groups excluding carboxylic acids is 1. The molecule has 0 atom stereocenters. The fourth-order valence-corrected chi connectivity index (χ4v) is 2.33. The van der Waals surface area contributed by atoms with Crippen molar-refractivity contribution in [3.8, 4) is 11.5 Å². The number of aldehydes is 1. The molecular formula is C15H14N4O. The van der Waals surface area contributed by atoms with Crippen LogP contribution < -0.4 is 0 Å². The van der Waals surface area contributed by atoms with Crippen molar-refractivity contribution in [2.24, 2.45) is 7.05 Å². The second-order valence-electron chi connectivity index (χ2n) is 4.57. The predicted molar refractivity (Wildman–Crippen MR) is 76.5 cm³/mol. The molecule has 0 aliphatic carbocycles. The van der Waals surface area contributed by atoms with E-state index in [2.05, 4.69) is 15.0 Å². The molecule has 0 saturated carbocycles. The van der Waals surface area contributed by atoms with E-state index in [0.717, 1.165) is 35.1 Å². The Kier molecular flexibility index (Phi) is 3.02. The molecular weight excluding hydrogens is 252 g/mol. The Morgan fingerprint density at radius 3 is 2.80 bits per heavy atom. The van der Waals surface area contributed by atoms with Crippen LogP contribution in [0, 0.1) is 0 Å². The first-order valence-electron chi connectivity index (χ1n) is 6.47. The number of hydrogen-bond donors (Lipinski definition) is 0. The van der Waals surface area contributed by atoms with Gasteiger partial charge in [0.2, 0.25) is 0 Å². The average Bonchev–Trinajstić information content (AvgIpc) is 2.84. The van der Waals surface area contributed by atoms with Crippen LogP contribution >= 0.6 is 0 Å². The Labute approximate surface area is 116 Å². The van der Waals surface area contributed by atoms with Crippen molar-refractivity contribution in [2.45, 2.75) is 13.3 Å². The normalized spacial score (nSPS) is 10.9. The first-order valence-corrected chi connectivity index (χ1v) is 6.47. The van der Waals surface area contributed by atoms with Gasteiger partial charge in [-0.05, 0) is 18.6 Å². The van der Waals surface area contributed by atoms with E-state index in [-0.39, 0.29) is 0 Å². The summed E-state index contributed by atoms with van der Waals surface area (Å²) in [5.41, 5.74) is 3.00. The molecule has 0 amide bonds. The van der Waals surface area contributed by atoms with Crippen molar-refractivity contribution in [1.82, 2.24) is 19.5 Å². The Morgan fingerprint density at radius 1 is 1.30 bits per heavy atom. The zero-order valence-corrected chi connectivity index (χ0v) is 11.4. The molecule has 0 fully saturated rings. The maximum Gasteiger partial charge on any atom is 0.180 e. The van der Waals surface area contributed by atoms with Crippen molar-refractivity contribution < 1.29 is 4.79 Å². The molecule has 0 N–H and O–H groups in total. The fraction of sp³-hybridized carbons (Fsp3) is 0.200. The number of hydrogen-bond acceptors (Lipinski definition) is 4. The summed E-state index contributed by atoms with van der Waals surface area (Å²) in [6.07, 6.45) is 5.10. The van der Waals surface area contributed by atoms with E-state index in [1.165, 1.54) is 0 Å². The number of pyridine rings is 1. The van der Waals surface area contributed by atoms with Gasteiger partial charge in [-0.3, -0.25) is 9.78 Å². The van der Waals surface area contributed by atoms with Crippen molar-refractivity contribution in [2.75, 3.05) is 0 Å². The van der Waals surface area contributed by atoms with Crippen molar-refractivity contribution in [3.63, 3.8) is 0 Å². The monoisotopic (exact) mass is 266 g/mol. The highest BCUT2D eigenvalue weighted by atomic mass is 16.1. The molecule has 0 aliphatic rings. The third kappa shape index (κ3) is 1.87. The van der Waals surface area contributed by atoms with E-state index in [1.54, 1.807) is 12.4 Å². The molecule has 3 rings (SSSR count). The summed E-state index contributed by atoms with van der Waals surface area (Å²) in [5.74, 6) is 0.591. The number of nitrogens with zero attached hydrogens (tertiary/aromatic N) is 4. The SMILES string of the molecule is CCc1nc(-c2ccccn2)nc2c1c(C=O)cn2C. The molecule has 0 unspecified atom stereocenters. The minimum Gasteiger partial charge on any atom is -0.335 e. The molecule has 5 heteroatoms. The number of aromatic nitrogens is 4. The zero-order chi connectivity index (χ0) is 14.1. The minimum atomic E-state index is 0.591. The maximum atomic E-state index is 11.2. The number of carbonyl (C=O) groups is 1. The number of aryl methyl sites for hydroxylation is 2. The van der Waals surface area contributed by atoms with E-state index >= 15 is 0 Å². The van der Waals surface area contributed by atoms with Crippen LogP contribution in [0.2, 0.25) is 0 Å². The standard InChI is InChI=1S/C15H14N4O/c1-3-11-13-10(9-20)8-19(2)15(13)18-14(17-11)12-6-4-5-7-16-12/h4-9H,3H2,1-2H3. The predicted octanol–water partition coefficient (Wildman–Crippen LogP) is 2.41. The molecule has 3 heterocycles. The minimum absolute atomic E-state index is 0.591. The second-order valence-corrected chi connectivity index (χ2v) is 4.57. The Morgan fingerprint density at radius 2 is 2.15 bits per heavy atom. The molecule has 5 nitrogen and oxygen atoms in total. The molecule has 3 aromatic heterocycles. The highest BCUT2D eigenvalue weighted by Crippen LogP contribution is 2.24. The lowest BCUT2D eigenvalue weighted by Crippen LogP contribution is -2.00. The molecule has 0 saturated heterocycles. The largest absolute Gasteiger partial charge is 0.335 e. The number of rotatable bonds is 3. The van der Waals surface area contributed by atoms with Crippen LogP contribution in [0.3, 0.4) is 0 Å². The van der Waals surface area contributed by atoms with E-state index in [0.29, 0.717) is 11.4 Å². The molecule has 0 radical (unpaired) electrons. The molecule has 0 spiro atoms. The van der Waals surface area contributed by atoms with Crippen LogP contribution in [0.1, 0.15) is 23.0 Å². The van der Waals surface area contributed by atoms with Gasteiger partial charge < -0.3 is 4.57 Å². The van der Waals surface area contributed by atoms with Crippen LogP contribution in [-0.4, -0.2) is 25.8 Å². The lowest BCUT2D eigenvalue weighted by Gasteiger charge is -2.05. The summed E-state index contributed by atoms with van der Waals surface area (Å²) in [6.45, 7) is 2.02. The lowest BCUT2D eigenvalue weighted by molar-refractivity contribution is 0.112. The third-order valence-electron chi connectivity index (χ3n) is 3.28. The van der Waals surface area contributed by atoms with E-state index in [1.807, 2.05) is 36.7 Å². The van der Waals surface area contributed by atoms with Gasteiger partial charge in [-0.25, -0.2) is 9.97 Å².